The average molecular weight is 285 g/mol. The van der Waals surface area contributed by atoms with E-state index >= 15 is 0 Å². The number of hydrogen-bond acceptors (Lipinski definition) is 3. The lowest BCUT2D eigenvalue weighted by atomic mass is 9.78. The van der Waals surface area contributed by atoms with Gasteiger partial charge in [0.25, 0.3) is 0 Å². The molecule has 21 heavy (non-hydrogen) atoms. The first-order valence-corrected chi connectivity index (χ1v) is 6.87. The van der Waals surface area contributed by atoms with Gasteiger partial charge < -0.3 is 10.5 Å². The zero-order valence-corrected chi connectivity index (χ0v) is 11.7. The Morgan fingerprint density at radius 1 is 1.38 bits per heavy atom. The smallest absolute Gasteiger partial charge is 0.338 e. The Bertz CT molecular complexity index is 689. The predicted molar refractivity (Wildman–Crippen MR) is 78.7 cm³/mol. The predicted octanol–water partition coefficient (Wildman–Crippen LogP) is 3.21. The molecule has 3 nitrogen and oxygen atoms in total. The van der Waals surface area contributed by atoms with Gasteiger partial charge in [-0.3, -0.25) is 0 Å². The maximum Gasteiger partial charge on any atom is 0.338 e. The number of nitrogen functional groups attached to an aromatic ring is 1. The standard InChI is InChI=1S/C17H16FNO2/c1-10-15(18)7-12(8-16(10)19)17(20)21-9-13-6-11-4-2-3-5-14(11)13/h2-5,7-8,13H,6,9,19H2,1H3. The molecule has 1 aliphatic carbocycles. The van der Waals surface area contributed by atoms with Gasteiger partial charge in [-0.2, -0.15) is 0 Å². The van der Waals surface area contributed by atoms with Crippen molar-refractivity contribution in [3.8, 4) is 0 Å². The largest absolute Gasteiger partial charge is 0.461 e. The molecule has 1 aliphatic rings. The highest BCUT2D eigenvalue weighted by Crippen LogP contribution is 2.35. The van der Waals surface area contributed by atoms with E-state index < -0.39 is 11.8 Å². The van der Waals surface area contributed by atoms with Crippen LogP contribution in [-0.2, 0) is 11.2 Å². The summed E-state index contributed by atoms with van der Waals surface area (Å²) in [5.41, 5.74) is 8.95. The van der Waals surface area contributed by atoms with E-state index in [9.17, 15) is 9.18 Å². The van der Waals surface area contributed by atoms with Gasteiger partial charge in [-0.15, -0.1) is 0 Å². The monoisotopic (exact) mass is 285 g/mol. The van der Waals surface area contributed by atoms with E-state index in [1.54, 1.807) is 6.92 Å². The number of esters is 1. The minimum absolute atomic E-state index is 0.156. The van der Waals surface area contributed by atoms with Crippen LogP contribution in [0.15, 0.2) is 36.4 Å². The van der Waals surface area contributed by atoms with E-state index in [4.69, 9.17) is 10.5 Å². The fraction of sp³-hybridized carbons (Fsp3) is 0.235. The number of anilines is 1. The maximum atomic E-state index is 13.6. The Kier molecular flexibility index (Phi) is 3.37. The summed E-state index contributed by atoms with van der Waals surface area (Å²) in [6.07, 6.45) is 0.911. The van der Waals surface area contributed by atoms with E-state index in [0.717, 1.165) is 6.42 Å². The highest BCUT2D eigenvalue weighted by Gasteiger charge is 2.26. The number of ether oxygens (including phenoxy) is 1. The summed E-state index contributed by atoms with van der Waals surface area (Å²) in [5, 5.41) is 0. The van der Waals surface area contributed by atoms with Crippen LogP contribution in [0, 0.1) is 12.7 Å². The van der Waals surface area contributed by atoms with E-state index in [1.807, 2.05) is 18.2 Å². The summed E-state index contributed by atoms with van der Waals surface area (Å²) in [6, 6.07) is 10.7. The van der Waals surface area contributed by atoms with Gasteiger partial charge in [0.2, 0.25) is 0 Å². The molecular weight excluding hydrogens is 269 g/mol. The summed E-state index contributed by atoms with van der Waals surface area (Å²) in [4.78, 5) is 12.0. The van der Waals surface area contributed by atoms with Gasteiger partial charge in [0.1, 0.15) is 5.82 Å². The fourth-order valence-electron chi connectivity index (χ4n) is 2.59. The molecular formula is C17H16FNO2. The van der Waals surface area contributed by atoms with E-state index in [1.165, 1.54) is 23.3 Å². The molecule has 1 atom stereocenters. The molecule has 0 heterocycles. The summed E-state index contributed by atoms with van der Waals surface area (Å²) in [5.74, 6) is -0.793. The number of hydrogen-bond donors (Lipinski definition) is 1. The number of fused-ring (bicyclic) bond motifs is 1. The van der Waals surface area contributed by atoms with Crippen molar-refractivity contribution >= 4 is 11.7 Å². The van der Waals surface area contributed by atoms with Crippen LogP contribution in [0.4, 0.5) is 10.1 Å². The molecule has 0 saturated heterocycles. The molecule has 3 rings (SSSR count). The van der Waals surface area contributed by atoms with Crippen LogP contribution < -0.4 is 5.73 Å². The molecule has 0 fully saturated rings. The first-order valence-electron chi connectivity index (χ1n) is 6.87. The summed E-state index contributed by atoms with van der Waals surface area (Å²) >= 11 is 0. The first kappa shape index (κ1) is 13.6. The third-order valence-corrected chi connectivity index (χ3v) is 4.00. The minimum atomic E-state index is -0.537. The molecule has 4 heteroatoms. The molecule has 0 spiro atoms. The molecule has 2 N–H and O–H groups in total. The maximum absolute atomic E-state index is 13.6. The summed E-state index contributed by atoms with van der Waals surface area (Å²) < 4.78 is 18.9. The van der Waals surface area contributed by atoms with Crippen LogP contribution in [0.5, 0.6) is 0 Å². The normalized spacial score (nSPS) is 16.0. The Labute approximate surface area is 122 Å². The molecule has 1 unspecified atom stereocenters. The molecule has 2 aromatic carbocycles. The van der Waals surface area contributed by atoms with Crippen LogP contribution >= 0.6 is 0 Å². The van der Waals surface area contributed by atoms with Gasteiger partial charge in [-0.25, -0.2) is 9.18 Å². The third kappa shape index (κ3) is 2.49. The third-order valence-electron chi connectivity index (χ3n) is 4.00. The number of carbonyl (C=O) groups excluding carboxylic acids is 1. The number of rotatable bonds is 3. The van der Waals surface area contributed by atoms with Crippen LogP contribution in [0.25, 0.3) is 0 Å². The molecule has 0 radical (unpaired) electrons. The Hall–Kier alpha value is -2.36. The summed E-state index contributed by atoms with van der Waals surface area (Å²) in [7, 11) is 0. The highest BCUT2D eigenvalue weighted by molar-refractivity contribution is 5.90. The SMILES string of the molecule is Cc1c(N)cc(C(=O)OCC2Cc3ccccc32)cc1F. The topological polar surface area (TPSA) is 52.3 Å². The van der Waals surface area contributed by atoms with Crippen molar-refractivity contribution in [3.05, 3.63) is 64.5 Å². The van der Waals surface area contributed by atoms with Crippen LogP contribution in [0.1, 0.15) is 33.0 Å². The molecule has 108 valence electrons. The summed E-state index contributed by atoms with van der Waals surface area (Å²) in [6.45, 7) is 1.89. The second-order valence-electron chi connectivity index (χ2n) is 5.37. The van der Waals surface area contributed by atoms with Crippen molar-refractivity contribution in [2.75, 3.05) is 12.3 Å². The second-order valence-corrected chi connectivity index (χ2v) is 5.37. The number of carbonyl (C=O) groups is 1. The number of nitrogens with two attached hydrogens (primary N) is 1. The van der Waals surface area contributed by atoms with Gasteiger partial charge in [-0.05, 0) is 36.6 Å². The van der Waals surface area contributed by atoms with Gasteiger partial charge in [0, 0.05) is 17.2 Å². The second kappa shape index (κ2) is 5.20. The van der Waals surface area contributed by atoms with Crippen molar-refractivity contribution in [2.24, 2.45) is 0 Å². The average Bonchev–Trinajstić information content (AvgIpc) is 2.45. The zero-order valence-electron chi connectivity index (χ0n) is 11.7. The fourth-order valence-corrected chi connectivity index (χ4v) is 2.59. The Morgan fingerprint density at radius 3 is 2.86 bits per heavy atom. The Morgan fingerprint density at radius 2 is 2.14 bits per heavy atom. The molecule has 0 amide bonds. The lowest BCUT2D eigenvalue weighted by molar-refractivity contribution is 0.0469. The van der Waals surface area contributed by atoms with Gasteiger partial charge in [0.15, 0.2) is 0 Å². The number of halogens is 1. The molecule has 0 aliphatic heterocycles. The quantitative estimate of drug-likeness (QED) is 0.696. The van der Waals surface area contributed by atoms with Crippen LogP contribution in [0.2, 0.25) is 0 Å². The molecule has 0 saturated carbocycles. The first-order chi connectivity index (χ1) is 10.1. The number of benzene rings is 2. The van der Waals surface area contributed by atoms with Gasteiger partial charge >= 0.3 is 5.97 Å². The molecule has 0 aromatic heterocycles. The van der Waals surface area contributed by atoms with Crippen molar-refractivity contribution < 1.29 is 13.9 Å². The lowest BCUT2D eigenvalue weighted by Gasteiger charge is -2.29. The van der Waals surface area contributed by atoms with Crippen molar-refractivity contribution in [3.63, 3.8) is 0 Å². The van der Waals surface area contributed by atoms with Crippen molar-refractivity contribution in [2.45, 2.75) is 19.3 Å². The lowest BCUT2D eigenvalue weighted by Crippen LogP contribution is -2.23. The molecule has 2 aromatic rings. The minimum Gasteiger partial charge on any atom is -0.461 e. The van der Waals surface area contributed by atoms with E-state index in [0.29, 0.717) is 12.2 Å². The van der Waals surface area contributed by atoms with Gasteiger partial charge in [-0.1, -0.05) is 24.3 Å². The van der Waals surface area contributed by atoms with E-state index in [2.05, 4.69) is 6.07 Å². The van der Waals surface area contributed by atoms with Crippen molar-refractivity contribution in [1.82, 2.24) is 0 Å². The Balaban J connectivity index is 1.66. The van der Waals surface area contributed by atoms with E-state index in [-0.39, 0.29) is 17.2 Å². The van der Waals surface area contributed by atoms with Crippen LogP contribution in [0.3, 0.4) is 0 Å². The van der Waals surface area contributed by atoms with Crippen LogP contribution in [-0.4, -0.2) is 12.6 Å². The molecule has 0 bridgehead atoms. The van der Waals surface area contributed by atoms with Crippen molar-refractivity contribution in [1.29, 1.82) is 0 Å². The highest BCUT2D eigenvalue weighted by atomic mass is 19.1. The zero-order chi connectivity index (χ0) is 15.0. The van der Waals surface area contributed by atoms with Gasteiger partial charge in [0.05, 0.1) is 12.2 Å².